The van der Waals surface area contributed by atoms with Crippen molar-refractivity contribution in [1.29, 1.82) is 0 Å². The third kappa shape index (κ3) is 8.64. The molecule has 1 aliphatic heterocycles. The molecule has 2 heterocycles. The van der Waals surface area contributed by atoms with E-state index in [1.165, 1.54) is 61.7 Å². The van der Waals surface area contributed by atoms with Gasteiger partial charge >= 0.3 is 23.6 Å². The summed E-state index contributed by atoms with van der Waals surface area (Å²) < 4.78 is 43.0. The zero-order valence-electron chi connectivity index (χ0n) is 25.1. The van der Waals surface area contributed by atoms with Crippen molar-refractivity contribution in [3.63, 3.8) is 0 Å². The van der Waals surface area contributed by atoms with Crippen LogP contribution >= 0.6 is 11.6 Å². The average Bonchev–Trinajstić information content (AvgIpc) is 3.35. The fraction of sp³-hybridized carbons (Fsp3) is 0.333. The second kappa shape index (κ2) is 16.4. The van der Waals surface area contributed by atoms with E-state index in [4.69, 9.17) is 30.5 Å². The molecule has 1 aliphatic rings. The van der Waals surface area contributed by atoms with Gasteiger partial charge in [-0.15, -0.1) is 0 Å². The van der Waals surface area contributed by atoms with Crippen LogP contribution < -0.4 is 11.0 Å². The van der Waals surface area contributed by atoms with E-state index in [1.807, 2.05) is 0 Å². The number of nitrogens with zero attached hydrogens (tertiary/aromatic N) is 5. The first-order valence-corrected chi connectivity index (χ1v) is 14.5. The Balaban J connectivity index is 1.64. The van der Waals surface area contributed by atoms with Crippen LogP contribution in [0.3, 0.4) is 0 Å². The molecule has 18 heteroatoms. The number of azide groups is 1. The van der Waals surface area contributed by atoms with Crippen molar-refractivity contribution < 1.29 is 47.3 Å². The molecule has 5 atom stereocenters. The van der Waals surface area contributed by atoms with Gasteiger partial charge in [0.05, 0.1) is 24.3 Å². The van der Waals surface area contributed by atoms with E-state index >= 15 is 4.39 Å². The van der Waals surface area contributed by atoms with Crippen molar-refractivity contribution >= 4 is 41.8 Å². The van der Waals surface area contributed by atoms with E-state index < -0.39 is 60.5 Å². The van der Waals surface area contributed by atoms with Crippen LogP contribution in [-0.2, 0) is 33.3 Å². The van der Waals surface area contributed by atoms with Crippen molar-refractivity contribution in [2.45, 2.75) is 43.1 Å². The number of esters is 3. The molecule has 2 aromatic carbocycles. The van der Waals surface area contributed by atoms with Crippen LogP contribution in [0.15, 0.2) is 76.8 Å². The highest BCUT2D eigenvalue weighted by atomic mass is 35.5. The van der Waals surface area contributed by atoms with Crippen molar-refractivity contribution in [1.82, 2.24) is 9.55 Å². The molecule has 3 aromatic rings. The van der Waals surface area contributed by atoms with Gasteiger partial charge in [0.2, 0.25) is 5.72 Å². The molecule has 0 bridgehead atoms. The van der Waals surface area contributed by atoms with Gasteiger partial charge in [-0.25, -0.2) is 18.8 Å². The quantitative estimate of drug-likeness (QED) is 0.0605. The van der Waals surface area contributed by atoms with Crippen LogP contribution in [0.5, 0.6) is 0 Å². The molecule has 0 spiro atoms. The molecule has 2 unspecified atom stereocenters. The molecule has 0 amide bonds. The first-order valence-electron chi connectivity index (χ1n) is 14.2. The molecule has 0 saturated carbocycles. The van der Waals surface area contributed by atoms with Crippen LogP contribution in [0.2, 0.25) is 5.02 Å². The maximum atomic E-state index is 16.3. The summed E-state index contributed by atoms with van der Waals surface area (Å²) in [5.41, 5.74) is 5.95. The van der Waals surface area contributed by atoms with Crippen molar-refractivity contribution in [2.24, 2.45) is 5.11 Å². The number of anilines is 1. The number of methoxy groups -OCH3 is 1. The van der Waals surface area contributed by atoms with Crippen LogP contribution in [0, 0.1) is 0 Å². The van der Waals surface area contributed by atoms with Crippen molar-refractivity contribution in [3.05, 3.63) is 104 Å². The third-order valence-corrected chi connectivity index (χ3v) is 7.24. The molecule has 48 heavy (non-hydrogen) atoms. The molecule has 1 N–H and O–H groups in total. The SMILES string of the molecule is COC(=O)CC[C@@H](COC=O)Nc1ccn(C2O[C@@](COC(=O)c3cccc(Cl)c3)(N=[N+]=[N-])C(OC(=O)c3ccccc3)[C@@H]2F)c(=O)n1. The lowest BCUT2D eigenvalue weighted by Crippen LogP contribution is -2.47. The van der Waals surface area contributed by atoms with Gasteiger partial charge in [0.15, 0.2) is 18.5 Å². The number of hydrogen-bond acceptors (Lipinski definition) is 13. The minimum absolute atomic E-state index is 0.00898. The molecule has 1 saturated heterocycles. The summed E-state index contributed by atoms with van der Waals surface area (Å²) in [5, 5.41) is 6.63. The smallest absolute Gasteiger partial charge is 0.351 e. The second-order valence-corrected chi connectivity index (χ2v) is 10.6. The van der Waals surface area contributed by atoms with E-state index in [2.05, 4.69) is 25.1 Å². The van der Waals surface area contributed by atoms with Crippen molar-refractivity contribution in [2.75, 3.05) is 25.6 Å². The lowest BCUT2D eigenvalue weighted by Gasteiger charge is -2.28. The molecule has 252 valence electrons. The van der Waals surface area contributed by atoms with Gasteiger partial charge in [-0.3, -0.25) is 14.2 Å². The zero-order valence-corrected chi connectivity index (χ0v) is 25.9. The molecule has 1 aromatic heterocycles. The fourth-order valence-corrected chi connectivity index (χ4v) is 4.87. The number of rotatable bonds is 15. The van der Waals surface area contributed by atoms with E-state index in [0.29, 0.717) is 0 Å². The number of ether oxygens (including phenoxy) is 5. The number of alkyl halides is 1. The van der Waals surface area contributed by atoms with Gasteiger partial charge in [0, 0.05) is 22.6 Å². The molecule has 1 fully saturated rings. The van der Waals surface area contributed by atoms with E-state index in [-0.39, 0.29) is 47.9 Å². The predicted molar refractivity (Wildman–Crippen MR) is 163 cm³/mol. The van der Waals surface area contributed by atoms with Gasteiger partial charge in [-0.05, 0) is 48.4 Å². The molecule has 16 nitrogen and oxygen atoms in total. The zero-order chi connectivity index (χ0) is 34.7. The number of carbonyl (C=O) groups is 4. The maximum Gasteiger partial charge on any atom is 0.351 e. The standard InChI is InChI=1S/C30H28ClFN6O10/c1-44-23(40)11-10-21(15-45-17-39)34-22-12-13-38(29(43)35-22)26-24(32)25(47-28(42)18-6-3-2-4-7-18)30(48-26,36-37-33)16-46-27(41)19-8-5-9-20(31)14-19/h2-9,12-14,17,21,24-26H,10-11,15-16H2,1H3,(H,34,35,43)/t21-,24-,25?,26?,30+/m0/s1. The Labute approximate surface area is 276 Å². The Morgan fingerprint density at radius 2 is 1.94 bits per heavy atom. The Bertz CT molecular complexity index is 1740. The lowest BCUT2D eigenvalue weighted by atomic mass is 10.1. The Hall–Kier alpha value is -5.51. The van der Waals surface area contributed by atoms with Crippen LogP contribution in [-0.4, -0.2) is 78.3 Å². The average molecular weight is 687 g/mol. The summed E-state index contributed by atoms with van der Waals surface area (Å²) in [6.45, 7) is -0.909. The Morgan fingerprint density at radius 1 is 1.19 bits per heavy atom. The summed E-state index contributed by atoms with van der Waals surface area (Å²) in [6.07, 6.45) is -5.07. The van der Waals surface area contributed by atoms with E-state index in [1.54, 1.807) is 6.07 Å². The van der Waals surface area contributed by atoms with Crippen LogP contribution in [0.1, 0.15) is 39.8 Å². The van der Waals surface area contributed by atoms with Gasteiger partial charge in [0.1, 0.15) is 19.0 Å². The highest BCUT2D eigenvalue weighted by Crippen LogP contribution is 2.42. The summed E-state index contributed by atoms with van der Waals surface area (Å²) in [4.78, 5) is 68.0. The van der Waals surface area contributed by atoms with Crippen LogP contribution in [0.25, 0.3) is 10.4 Å². The molecular formula is C30H28ClFN6O10. The number of halogens is 2. The second-order valence-electron chi connectivity index (χ2n) is 10.2. The van der Waals surface area contributed by atoms with E-state index in [9.17, 15) is 29.5 Å². The Kier molecular flexibility index (Phi) is 12.0. The van der Waals surface area contributed by atoms with Gasteiger partial charge in [0.25, 0.3) is 6.47 Å². The number of benzene rings is 2. The Morgan fingerprint density at radius 3 is 2.60 bits per heavy atom. The minimum Gasteiger partial charge on any atom is -0.469 e. The maximum absolute atomic E-state index is 16.3. The molecule has 0 radical (unpaired) electrons. The van der Waals surface area contributed by atoms with Gasteiger partial charge in [-0.2, -0.15) is 4.98 Å². The summed E-state index contributed by atoms with van der Waals surface area (Å²) in [7, 11) is 1.21. The number of hydrogen-bond donors (Lipinski definition) is 1. The van der Waals surface area contributed by atoms with Gasteiger partial charge < -0.3 is 29.0 Å². The van der Waals surface area contributed by atoms with Crippen molar-refractivity contribution in [3.8, 4) is 0 Å². The number of aromatic nitrogens is 2. The number of carbonyl (C=O) groups excluding carboxylic acids is 4. The monoisotopic (exact) mass is 686 g/mol. The highest BCUT2D eigenvalue weighted by Gasteiger charge is 2.60. The molecule has 0 aliphatic carbocycles. The summed E-state index contributed by atoms with van der Waals surface area (Å²) in [5.74, 6) is -2.52. The molecular weight excluding hydrogens is 659 g/mol. The normalized spacial score (nSPS) is 20.4. The first-order chi connectivity index (χ1) is 23.1. The highest BCUT2D eigenvalue weighted by molar-refractivity contribution is 6.30. The number of nitrogens with one attached hydrogen (secondary N) is 1. The van der Waals surface area contributed by atoms with Crippen LogP contribution in [0.4, 0.5) is 10.2 Å². The fourth-order valence-electron chi connectivity index (χ4n) is 4.68. The summed E-state index contributed by atoms with van der Waals surface area (Å²) in [6, 6.07) is 13.8. The lowest BCUT2D eigenvalue weighted by molar-refractivity contribution is -0.140. The van der Waals surface area contributed by atoms with Gasteiger partial charge in [-0.1, -0.05) is 41.0 Å². The first kappa shape index (κ1) is 35.3. The summed E-state index contributed by atoms with van der Waals surface area (Å²) >= 11 is 5.96. The predicted octanol–water partition coefficient (Wildman–Crippen LogP) is 3.76. The minimum atomic E-state index is -2.49. The molecule has 4 rings (SSSR count). The van der Waals surface area contributed by atoms with E-state index in [0.717, 1.165) is 10.8 Å². The third-order valence-electron chi connectivity index (χ3n) is 7.01. The largest absolute Gasteiger partial charge is 0.469 e. The topological polar surface area (TPSA) is 210 Å².